The molecule has 1 aliphatic carbocycles. The van der Waals surface area contributed by atoms with Crippen LogP contribution in [0, 0.1) is 0 Å². The van der Waals surface area contributed by atoms with Crippen LogP contribution in [0.15, 0.2) is 35.9 Å². The smallest absolute Gasteiger partial charge is 0.0349 e. The summed E-state index contributed by atoms with van der Waals surface area (Å²) in [4.78, 5) is 0. The van der Waals surface area contributed by atoms with Crippen LogP contribution in [-0.2, 0) is 6.42 Å². The molecule has 0 aliphatic heterocycles. The van der Waals surface area contributed by atoms with Crippen molar-refractivity contribution in [1.29, 1.82) is 0 Å². The number of rotatable bonds is 2. The molecule has 1 heteroatoms. The zero-order chi connectivity index (χ0) is 10.5. The molecule has 15 heavy (non-hydrogen) atoms. The Morgan fingerprint density at radius 2 is 1.93 bits per heavy atom. The van der Waals surface area contributed by atoms with Gasteiger partial charge in [-0.1, -0.05) is 36.3 Å². The number of nitrogens with two attached hydrogens (primary N) is 1. The third-order valence-corrected chi connectivity index (χ3v) is 3.11. The Morgan fingerprint density at radius 3 is 2.80 bits per heavy atom. The second-order valence-corrected chi connectivity index (χ2v) is 4.34. The number of nitrogen functional groups attached to an aromatic ring is 1. The second-order valence-electron chi connectivity index (χ2n) is 4.34. The minimum Gasteiger partial charge on any atom is -0.398 e. The molecule has 1 aromatic carbocycles. The zero-order valence-corrected chi connectivity index (χ0v) is 9.21. The summed E-state index contributed by atoms with van der Waals surface area (Å²) in [6, 6.07) is 8.21. The van der Waals surface area contributed by atoms with Crippen molar-refractivity contribution in [2.24, 2.45) is 0 Å². The highest BCUT2D eigenvalue weighted by Crippen LogP contribution is 2.22. The molecule has 80 valence electrons. The van der Waals surface area contributed by atoms with Gasteiger partial charge in [-0.25, -0.2) is 0 Å². The normalized spacial score (nSPS) is 16.9. The first-order valence-electron chi connectivity index (χ1n) is 5.87. The maximum atomic E-state index is 5.95. The van der Waals surface area contributed by atoms with E-state index in [1.165, 1.54) is 37.7 Å². The van der Waals surface area contributed by atoms with Crippen LogP contribution in [0.3, 0.4) is 0 Å². The summed E-state index contributed by atoms with van der Waals surface area (Å²) in [7, 11) is 0. The van der Waals surface area contributed by atoms with Crippen LogP contribution in [0.25, 0.3) is 0 Å². The molecule has 0 heterocycles. The number of hydrogen-bond donors (Lipinski definition) is 1. The summed E-state index contributed by atoms with van der Waals surface area (Å²) in [5.74, 6) is 0. The van der Waals surface area contributed by atoms with Gasteiger partial charge in [-0.05, 0) is 43.7 Å². The predicted octanol–water partition coefficient (Wildman–Crippen LogP) is 3.70. The van der Waals surface area contributed by atoms with E-state index >= 15 is 0 Å². The molecule has 1 aliphatic rings. The molecule has 0 aromatic heterocycles. The van der Waals surface area contributed by atoms with Crippen LogP contribution in [-0.4, -0.2) is 0 Å². The highest BCUT2D eigenvalue weighted by Gasteiger charge is 2.05. The van der Waals surface area contributed by atoms with Gasteiger partial charge in [0.25, 0.3) is 0 Å². The van der Waals surface area contributed by atoms with Crippen LogP contribution in [0.4, 0.5) is 5.69 Å². The lowest BCUT2D eigenvalue weighted by Gasteiger charge is -2.08. The lowest BCUT2D eigenvalue weighted by molar-refractivity contribution is 0.707. The van der Waals surface area contributed by atoms with Crippen LogP contribution in [0.2, 0.25) is 0 Å². The molecule has 0 bridgehead atoms. The molecule has 2 rings (SSSR count). The highest BCUT2D eigenvalue weighted by atomic mass is 14.6. The van der Waals surface area contributed by atoms with E-state index in [1.807, 2.05) is 12.1 Å². The van der Waals surface area contributed by atoms with Gasteiger partial charge in [-0.2, -0.15) is 0 Å². The van der Waals surface area contributed by atoms with Crippen molar-refractivity contribution in [2.75, 3.05) is 5.73 Å². The van der Waals surface area contributed by atoms with Crippen LogP contribution < -0.4 is 5.73 Å². The number of allylic oxidation sites excluding steroid dienone is 2. The lowest BCUT2D eigenvalue weighted by Crippen LogP contribution is -1.96. The Labute approximate surface area is 92.0 Å². The molecule has 2 N–H and O–H groups in total. The minimum absolute atomic E-state index is 0.933. The van der Waals surface area contributed by atoms with Crippen molar-refractivity contribution >= 4 is 5.69 Å². The first-order valence-corrected chi connectivity index (χ1v) is 5.87. The molecule has 0 saturated carbocycles. The van der Waals surface area contributed by atoms with Gasteiger partial charge in [0.2, 0.25) is 0 Å². The first-order chi connectivity index (χ1) is 7.36. The average Bonchev–Trinajstić information content (AvgIpc) is 2.50. The maximum Gasteiger partial charge on any atom is 0.0349 e. The molecule has 1 aromatic rings. The Kier molecular flexibility index (Phi) is 3.44. The predicted molar refractivity (Wildman–Crippen MR) is 65.7 cm³/mol. The first kappa shape index (κ1) is 10.3. The SMILES string of the molecule is Nc1ccccc1CC1=CCCCCC1. The van der Waals surface area contributed by atoms with E-state index in [9.17, 15) is 0 Å². The van der Waals surface area contributed by atoms with Gasteiger partial charge in [-0.15, -0.1) is 0 Å². The fourth-order valence-electron chi connectivity index (χ4n) is 2.18. The Bertz CT molecular complexity index is 352. The zero-order valence-electron chi connectivity index (χ0n) is 9.21. The standard InChI is InChI=1S/C14H19N/c15-14-10-6-5-9-13(14)11-12-7-3-1-2-4-8-12/h5-7,9-10H,1-4,8,11,15H2. The molecule has 0 spiro atoms. The van der Waals surface area contributed by atoms with Crippen LogP contribution in [0.1, 0.15) is 37.7 Å². The van der Waals surface area contributed by atoms with Crippen LogP contribution in [0.5, 0.6) is 0 Å². The van der Waals surface area contributed by atoms with E-state index < -0.39 is 0 Å². The van der Waals surface area contributed by atoms with Crippen molar-refractivity contribution < 1.29 is 0 Å². The summed E-state index contributed by atoms with van der Waals surface area (Å²) in [6.07, 6.45) is 10.1. The van der Waals surface area contributed by atoms with Crippen LogP contribution >= 0.6 is 0 Å². The summed E-state index contributed by atoms with van der Waals surface area (Å²) in [5.41, 5.74) is 9.74. The largest absolute Gasteiger partial charge is 0.398 e. The average molecular weight is 201 g/mol. The summed E-state index contributed by atoms with van der Waals surface area (Å²) >= 11 is 0. The molecule has 0 unspecified atom stereocenters. The molecule has 0 amide bonds. The van der Waals surface area contributed by atoms with E-state index in [-0.39, 0.29) is 0 Å². The van der Waals surface area contributed by atoms with E-state index in [0.29, 0.717) is 0 Å². The maximum absolute atomic E-state index is 5.95. The van der Waals surface area contributed by atoms with Gasteiger partial charge >= 0.3 is 0 Å². The Morgan fingerprint density at radius 1 is 1.07 bits per heavy atom. The number of para-hydroxylation sites is 1. The van der Waals surface area contributed by atoms with E-state index in [0.717, 1.165) is 12.1 Å². The third kappa shape index (κ3) is 2.85. The topological polar surface area (TPSA) is 26.0 Å². The van der Waals surface area contributed by atoms with Gasteiger partial charge < -0.3 is 5.73 Å². The summed E-state index contributed by atoms with van der Waals surface area (Å²) in [5, 5.41) is 0. The van der Waals surface area contributed by atoms with E-state index in [2.05, 4.69) is 18.2 Å². The molecule has 0 fully saturated rings. The van der Waals surface area contributed by atoms with E-state index in [4.69, 9.17) is 5.73 Å². The number of anilines is 1. The Hall–Kier alpha value is -1.24. The minimum atomic E-state index is 0.933. The quantitative estimate of drug-likeness (QED) is 0.573. The third-order valence-electron chi connectivity index (χ3n) is 3.11. The highest BCUT2D eigenvalue weighted by molar-refractivity contribution is 5.48. The van der Waals surface area contributed by atoms with Crippen molar-refractivity contribution in [3.05, 3.63) is 41.5 Å². The van der Waals surface area contributed by atoms with Crippen molar-refractivity contribution in [3.63, 3.8) is 0 Å². The van der Waals surface area contributed by atoms with Gasteiger partial charge in [0.1, 0.15) is 0 Å². The van der Waals surface area contributed by atoms with Crippen molar-refractivity contribution in [3.8, 4) is 0 Å². The molecule has 0 saturated heterocycles. The number of hydrogen-bond acceptors (Lipinski definition) is 1. The lowest BCUT2D eigenvalue weighted by atomic mass is 10.00. The molecule has 0 radical (unpaired) electrons. The van der Waals surface area contributed by atoms with Gasteiger partial charge in [-0.3, -0.25) is 0 Å². The van der Waals surface area contributed by atoms with Gasteiger partial charge in [0, 0.05) is 5.69 Å². The fourth-order valence-corrected chi connectivity index (χ4v) is 2.18. The molecular formula is C14H19N. The van der Waals surface area contributed by atoms with Crippen molar-refractivity contribution in [2.45, 2.75) is 38.5 Å². The van der Waals surface area contributed by atoms with E-state index in [1.54, 1.807) is 5.57 Å². The van der Waals surface area contributed by atoms with Crippen molar-refractivity contribution in [1.82, 2.24) is 0 Å². The monoisotopic (exact) mass is 201 g/mol. The second kappa shape index (κ2) is 5.01. The number of benzene rings is 1. The molecule has 0 atom stereocenters. The van der Waals surface area contributed by atoms with Gasteiger partial charge in [0.05, 0.1) is 0 Å². The summed E-state index contributed by atoms with van der Waals surface area (Å²) in [6.45, 7) is 0. The fraction of sp³-hybridized carbons (Fsp3) is 0.429. The Balaban J connectivity index is 2.07. The summed E-state index contributed by atoms with van der Waals surface area (Å²) < 4.78 is 0. The molecular weight excluding hydrogens is 182 g/mol. The molecule has 1 nitrogen and oxygen atoms in total. The van der Waals surface area contributed by atoms with Gasteiger partial charge in [0.15, 0.2) is 0 Å².